The fraction of sp³-hybridized carbons (Fsp3) is 0.250. The Bertz CT molecular complexity index is 1290. The highest BCUT2D eigenvalue weighted by molar-refractivity contribution is 5.92. The smallest absolute Gasteiger partial charge is 0.227 e. The molecule has 0 atom stereocenters. The second-order valence-electron chi connectivity index (χ2n) is 8.96. The molecular weight excluding hydrogens is 432 g/mol. The van der Waals surface area contributed by atoms with Gasteiger partial charge in [-0.1, -0.05) is 30.3 Å². The number of carbonyl (C=O) groups excluding carboxylic acids is 1. The number of aromatic nitrogens is 1. The van der Waals surface area contributed by atoms with Gasteiger partial charge in [-0.05, 0) is 85.4 Å². The number of para-hydroxylation sites is 1. The molecule has 1 amide bonds. The summed E-state index contributed by atoms with van der Waals surface area (Å²) < 4.78 is 29.1. The summed E-state index contributed by atoms with van der Waals surface area (Å²) in [6.45, 7) is 3.03. The fourth-order valence-electron chi connectivity index (χ4n) is 4.76. The summed E-state index contributed by atoms with van der Waals surface area (Å²) in [7, 11) is 0. The Morgan fingerprint density at radius 3 is 2.38 bits per heavy atom. The van der Waals surface area contributed by atoms with Crippen LogP contribution in [0.3, 0.4) is 0 Å². The lowest BCUT2D eigenvalue weighted by molar-refractivity contribution is -0.121. The predicted octanol–water partition coefficient (Wildman–Crippen LogP) is 5.82. The molecule has 0 aliphatic carbocycles. The molecule has 4 aromatic rings. The molecule has 0 bridgehead atoms. The molecular formula is C28H27F2N3O. The van der Waals surface area contributed by atoms with Gasteiger partial charge in [0.15, 0.2) is 0 Å². The number of carbonyl (C=O) groups is 1. The maximum absolute atomic E-state index is 13.8. The van der Waals surface area contributed by atoms with Crippen molar-refractivity contribution in [3.8, 4) is 0 Å². The first kappa shape index (κ1) is 22.3. The van der Waals surface area contributed by atoms with Gasteiger partial charge in [-0.3, -0.25) is 9.69 Å². The van der Waals surface area contributed by atoms with Crippen molar-refractivity contribution in [2.45, 2.75) is 25.9 Å². The topological polar surface area (TPSA) is 37.3 Å². The van der Waals surface area contributed by atoms with E-state index in [2.05, 4.69) is 33.0 Å². The predicted molar refractivity (Wildman–Crippen MR) is 130 cm³/mol. The van der Waals surface area contributed by atoms with Crippen LogP contribution in [0.1, 0.15) is 24.1 Å². The van der Waals surface area contributed by atoms with E-state index in [0.717, 1.165) is 43.6 Å². The van der Waals surface area contributed by atoms with Gasteiger partial charge in [0.1, 0.15) is 11.6 Å². The highest BCUT2D eigenvalue weighted by atomic mass is 19.1. The minimum Gasteiger partial charge on any atom is -0.339 e. The molecule has 174 valence electrons. The molecule has 6 heteroatoms. The lowest BCUT2D eigenvalue weighted by Crippen LogP contribution is -2.38. The van der Waals surface area contributed by atoms with Crippen molar-refractivity contribution in [1.29, 1.82) is 0 Å². The molecule has 4 nitrogen and oxygen atoms in total. The Labute approximate surface area is 197 Å². The van der Waals surface area contributed by atoms with Crippen LogP contribution < -0.4 is 5.32 Å². The van der Waals surface area contributed by atoms with E-state index >= 15 is 0 Å². The van der Waals surface area contributed by atoms with Gasteiger partial charge in [-0.15, -0.1) is 0 Å². The Kier molecular flexibility index (Phi) is 6.41. The molecule has 1 aromatic heterocycles. The highest BCUT2D eigenvalue weighted by Crippen LogP contribution is 2.26. The molecule has 3 aromatic carbocycles. The number of benzene rings is 3. The Hall–Kier alpha value is -3.51. The first-order valence-electron chi connectivity index (χ1n) is 11.7. The molecule has 1 aliphatic heterocycles. The van der Waals surface area contributed by atoms with E-state index in [1.165, 1.54) is 29.3 Å². The van der Waals surface area contributed by atoms with Crippen LogP contribution in [0.25, 0.3) is 10.9 Å². The minimum absolute atomic E-state index is 0.00789. The van der Waals surface area contributed by atoms with E-state index in [1.54, 1.807) is 24.3 Å². The molecule has 1 aliphatic rings. The zero-order chi connectivity index (χ0) is 23.5. The van der Waals surface area contributed by atoms with E-state index in [9.17, 15) is 13.6 Å². The van der Waals surface area contributed by atoms with Crippen LogP contribution in [0.5, 0.6) is 0 Å². The third-order valence-corrected chi connectivity index (χ3v) is 6.58. The maximum atomic E-state index is 13.8. The summed E-state index contributed by atoms with van der Waals surface area (Å²) >= 11 is 0. The summed E-state index contributed by atoms with van der Waals surface area (Å²) in [6.07, 6.45) is 1.55. The SMILES string of the molecule is O=C(Nc1ccc(F)cc1)C1CCN(Cc2cc3ccccc3n2Cc2cccc(F)c2)CC1. The van der Waals surface area contributed by atoms with E-state index < -0.39 is 0 Å². The Morgan fingerprint density at radius 1 is 0.853 bits per heavy atom. The number of rotatable bonds is 6. The quantitative estimate of drug-likeness (QED) is 0.395. The molecule has 34 heavy (non-hydrogen) atoms. The number of anilines is 1. The highest BCUT2D eigenvalue weighted by Gasteiger charge is 2.26. The van der Waals surface area contributed by atoms with Crippen LogP contribution in [-0.2, 0) is 17.9 Å². The first-order valence-corrected chi connectivity index (χ1v) is 11.7. The Morgan fingerprint density at radius 2 is 1.62 bits per heavy atom. The van der Waals surface area contributed by atoms with Gasteiger partial charge >= 0.3 is 0 Å². The van der Waals surface area contributed by atoms with Crippen molar-refractivity contribution in [3.63, 3.8) is 0 Å². The van der Waals surface area contributed by atoms with Gasteiger partial charge in [0.25, 0.3) is 0 Å². The van der Waals surface area contributed by atoms with Crippen molar-refractivity contribution in [2.24, 2.45) is 5.92 Å². The molecule has 2 heterocycles. The number of piperidine rings is 1. The summed E-state index contributed by atoms with van der Waals surface area (Å²) in [6, 6.07) is 23.1. The Balaban J connectivity index is 1.26. The lowest BCUT2D eigenvalue weighted by Gasteiger charge is -2.31. The van der Waals surface area contributed by atoms with Crippen molar-refractivity contribution in [1.82, 2.24) is 9.47 Å². The third kappa shape index (κ3) is 5.02. The molecule has 1 fully saturated rings. The van der Waals surface area contributed by atoms with Crippen molar-refractivity contribution < 1.29 is 13.6 Å². The molecule has 0 spiro atoms. The summed E-state index contributed by atoms with van der Waals surface area (Å²) in [5, 5.41) is 4.07. The van der Waals surface area contributed by atoms with Crippen LogP contribution >= 0.6 is 0 Å². The number of halogens is 2. The van der Waals surface area contributed by atoms with Crippen molar-refractivity contribution in [3.05, 3.63) is 102 Å². The average Bonchev–Trinajstić information content (AvgIpc) is 3.18. The number of hydrogen-bond acceptors (Lipinski definition) is 2. The maximum Gasteiger partial charge on any atom is 0.227 e. The summed E-state index contributed by atoms with van der Waals surface area (Å²) in [5.74, 6) is -0.608. The second-order valence-corrected chi connectivity index (χ2v) is 8.96. The second kappa shape index (κ2) is 9.77. The van der Waals surface area contributed by atoms with Gasteiger partial charge < -0.3 is 9.88 Å². The third-order valence-electron chi connectivity index (χ3n) is 6.58. The summed E-state index contributed by atoms with van der Waals surface area (Å²) in [5.41, 5.74) is 3.87. The van der Waals surface area contributed by atoms with Gasteiger partial charge in [-0.2, -0.15) is 0 Å². The number of fused-ring (bicyclic) bond motifs is 1. The zero-order valence-corrected chi connectivity index (χ0v) is 18.9. The average molecular weight is 460 g/mol. The number of likely N-dealkylation sites (tertiary alicyclic amines) is 1. The molecule has 0 saturated carbocycles. The van der Waals surface area contributed by atoms with Crippen molar-refractivity contribution >= 4 is 22.5 Å². The van der Waals surface area contributed by atoms with Crippen LogP contribution in [0, 0.1) is 17.6 Å². The molecule has 0 unspecified atom stereocenters. The first-order chi connectivity index (χ1) is 16.5. The normalized spacial score (nSPS) is 15.0. The van der Waals surface area contributed by atoms with Gasteiger partial charge in [0.2, 0.25) is 5.91 Å². The molecule has 1 N–H and O–H groups in total. The van der Waals surface area contributed by atoms with Gasteiger partial charge in [0, 0.05) is 35.9 Å². The van der Waals surface area contributed by atoms with Crippen LogP contribution in [0.4, 0.5) is 14.5 Å². The van der Waals surface area contributed by atoms with E-state index in [1.807, 2.05) is 18.2 Å². The fourth-order valence-corrected chi connectivity index (χ4v) is 4.76. The minimum atomic E-state index is -0.318. The van der Waals surface area contributed by atoms with E-state index in [0.29, 0.717) is 12.2 Å². The van der Waals surface area contributed by atoms with Gasteiger partial charge in [-0.25, -0.2) is 8.78 Å². The number of amides is 1. The van der Waals surface area contributed by atoms with Crippen LogP contribution in [0.15, 0.2) is 78.9 Å². The molecule has 0 radical (unpaired) electrons. The number of hydrogen-bond donors (Lipinski definition) is 1. The molecule has 1 saturated heterocycles. The monoisotopic (exact) mass is 459 g/mol. The van der Waals surface area contributed by atoms with Gasteiger partial charge in [0.05, 0.1) is 0 Å². The number of nitrogens with one attached hydrogen (secondary N) is 1. The summed E-state index contributed by atoms with van der Waals surface area (Å²) in [4.78, 5) is 15.0. The van der Waals surface area contributed by atoms with Crippen LogP contribution in [0.2, 0.25) is 0 Å². The number of nitrogens with zero attached hydrogens (tertiary/aromatic N) is 2. The standard InChI is InChI=1S/C28H27F2N3O/c29-23-8-10-25(11-9-23)31-28(34)21-12-14-32(15-13-21)19-26-17-22-5-1-2-7-27(22)33(26)18-20-4-3-6-24(30)16-20/h1-11,16-17,21H,12-15,18-19H2,(H,31,34). The van der Waals surface area contributed by atoms with Crippen molar-refractivity contribution in [2.75, 3.05) is 18.4 Å². The zero-order valence-electron chi connectivity index (χ0n) is 18.9. The largest absolute Gasteiger partial charge is 0.339 e. The van der Waals surface area contributed by atoms with Crippen LogP contribution in [-0.4, -0.2) is 28.5 Å². The van der Waals surface area contributed by atoms with E-state index in [-0.39, 0.29) is 23.5 Å². The molecule has 5 rings (SSSR count). The van der Waals surface area contributed by atoms with E-state index in [4.69, 9.17) is 0 Å². The lowest BCUT2D eigenvalue weighted by atomic mass is 9.95.